The SMILES string of the molecule is CCC1CCCC(Nc2cc(I)ccc2C)C1. The summed E-state index contributed by atoms with van der Waals surface area (Å²) in [5.41, 5.74) is 2.70. The van der Waals surface area contributed by atoms with E-state index in [0.29, 0.717) is 6.04 Å². The van der Waals surface area contributed by atoms with Gasteiger partial charge < -0.3 is 5.32 Å². The largest absolute Gasteiger partial charge is 0.382 e. The molecule has 0 radical (unpaired) electrons. The summed E-state index contributed by atoms with van der Waals surface area (Å²) in [6, 6.07) is 7.34. The highest BCUT2D eigenvalue weighted by atomic mass is 127. The molecule has 1 nitrogen and oxygen atoms in total. The van der Waals surface area contributed by atoms with Gasteiger partial charge in [0.1, 0.15) is 0 Å². The first kappa shape index (κ1) is 13.2. The Balaban J connectivity index is 2.02. The van der Waals surface area contributed by atoms with E-state index in [1.165, 1.54) is 46.9 Å². The van der Waals surface area contributed by atoms with E-state index in [0.717, 1.165) is 5.92 Å². The highest BCUT2D eigenvalue weighted by molar-refractivity contribution is 14.1. The average molecular weight is 343 g/mol. The lowest BCUT2D eigenvalue weighted by Gasteiger charge is -2.30. The van der Waals surface area contributed by atoms with Crippen molar-refractivity contribution in [1.82, 2.24) is 0 Å². The van der Waals surface area contributed by atoms with Crippen molar-refractivity contribution in [2.75, 3.05) is 5.32 Å². The van der Waals surface area contributed by atoms with Crippen LogP contribution in [0.2, 0.25) is 0 Å². The van der Waals surface area contributed by atoms with Crippen LogP contribution in [-0.4, -0.2) is 6.04 Å². The van der Waals surface area contributed by atoms with Crippen molar-refractivity contribution < 1.29 is 0 Å². The first-order valence-corrected chi connectivity index (χ1v) is 7.79. The number of anilines is 1. The van der Waals surface area contributed by atoms with Gasteiger partial charge in [0.25, 0.3) is 0 Å². The second-order valence-corrected chi connectivity index (χ2v) is 6.49. The van der Waals surface area contributed by atoms with E-state index in [1.54, 1.807) is 0 Å². The van der Waals surface area contributed by atoms with E-state index in [4.69, 9.17) is 0 Å². The molecule has 0 bridgehead atoms. The molecule has 2 unspecified atom stereocenters. The van der Waals surface area contributed by atoms with Gasteiger partial charge in [-0.2, -0.15) is 0 Å². The Morgan fingerprint density at radius 1 is 1.35 bits per heavy atom. The summed E-state index contributed by atoms with van der Waals surface area (Å²) in [4.78, 5) is 0. The average Bonchev–Trinajstić information content (AvgIpc) is 2.34. The van der Waals surface area contributed by atoms with Crippen LogP contribution in [0.25, 0.3) is 0 Å². The molecule has 0 saturated heterocycles. The number of aryl methyl sites for hydroxylation is 1. The second kappa shape index (κ2) is 6.07. The molecule has 94 valence electrons. The highest BCUT2D eigenvalue weighted by Crippen LogP contribution is 2.29. The van der Waals surface area contributed by atoms with Crippen LogP contribution in [0.5, 0.6) is 0 Å². The van der Waals surface area contributed by atoms with Gasteiger partial charge in [-0.1, -0.05) is 32.3 Å². The van der Waals surface area contributed by atoms with Crippen LogP contribution in [-0.2, 0) is 0 Å². The maximum Gasteiger partial charge on any atom is 0.0382 e. The molecule has 0 heterocycles. The lowest BCUT2D eigenvalue weighted by molar-refractivity contribution is 0.327. The van der Waals surface area contributed by atoms with E-state index in [2.05, 4.69) is 60.0 Å². The molecule has 2 heteroatoms. The van der Waals surface area contributed by atoms with Crippen LogP contribution < -0.4 is 5.32 Å². The smallest absolute Gasteiger partial charge is 0.0382 e. The third-order valence-electron chi connectivity index (χ3n) is 3.92. The number of nitrogens with one attached hydrogen (secondary N) is 1. The number of rotatable bonds is 3. The molecule has 1 aliphatic carbocycles. The molecule has 2 rings (SSSR count). The molecule has 1 saturated carbocycles. The fraction of sp³-hybridized carbons (Fsp3) is 0.600. The molecular formula is C15H22IN. The van der Waals surface area contributed by atoms with E-state index in [9.17, 15) is 0 Å². The third kappa shape index (κ3) is 3.60. The van der Waals surface area contributed by atoms with Crippen LogP contribution in [0.4, 0.5) is 5.69 Å². The van der Waals surface area contributed by atoms with Gasteiger partial charge in [0, 0.05) is 15.3 Å². The van der Waals surface area contributed by atoms with Crippen LogP contribution >= 0.6 is 22.6 Å². The Morgan fingerprint density at radius 3 is 2.94 bits per heavy atom. The first-order valence-electron chi connectivity index (χ1n) is 6.71. The van der Waals surface area contributed by atoms with Gasteiger partial charge in [-0.15, -0.1) is 0 Å². The Bertz CT molecular complexity index is 375. The van der Waals surface area contributed by atoms with Crippen molar-refractivity contribution in [3.05, 3.63) is 27.3 Å². The van der Waals surface area contributed by atoms with Gasteiger partial charge in [0.05, 0.1) is 0 Å². The quantitative estimate of drug-likeness (QED) is 0.763. The molecule has 2 atom stereocenters. The molecular weight excluding hydrogens is 321 g/mol. The molecule has 1 aromatic carbocycles. The fourth-order valence-electron chi connectivity index (χ4n) is 2.76. The predicted octanol–water partition coefficient (Wildman–Crippen LogP) is 4.98. The zero-order chi connectivity index (χ0) is 12.3. The van der Waals surface area contributed by atoms with Crippen molar-refractivity contribution in [2.24, 2.45) is 5.92 Å². The molecule has 1 aliphatic rings. The predicted molar refractivity (Wildman–Crippen MR) is 83.6 cm³/mol. The molecule has 17 heavy (non-hydrogen) atoms. The Hall–Kier alpha value is -0.250. The van der Waals surface area contributed by atoms with Gasteiger partial charge in [-0.3, -0.25) is 0 Å². The number of hydrogen-bond acceptors (Lipinski definition) is 1. The van der Waals surface area contributed by atoms with Crippen molar-refractivity contribution in [3.8, 4) is 0 Å². The van der Waals surface area contributed by atoms with Crippen molar-refractivity contribution >= 4 is 28.3 Å². The molecule has 0 aromatic heterocycles. The zero-order valence-corrected chi connectivity index (χ0v) is 13.0. The summed E-state index contributed by atoms with van der Waals surface area (Å²) < 4.78 is 1.32. The van der Waals surface area contributed by atoms with Crippen LogP contribution in [0.1, 0.15) is 44.6 Å². The molecule has 0 spiro atoms. The topological polar surface area (TPSA) is 12.0 Å². The fourth-order valence-corrected chi connectivity index (χ4v) is 3.25. The van der Waals surface area contributed by atoms with Gasteiger partial charge in [0.2, 0.25) is 0 Å². The summed E-state index contributed by atoms with van der Waals surface area (Å²) >= 11 is 2.39. The molecule has 1 N–H and O–H groups in total. The molecule has 0 amide bonds. The maximum atomic E-state index is 3.75. The van der Waals surface area contributed by atoms with E-state index in [-0.39, 0.29) is 0 Å². The Labute approximate surface area is 119 Å². The molecule has 0 aliphatic heterocycles. The van der Waals surface area contributed by atoms with Crippen LogP contribution in [0, 0.1) is 16.4 Å². The lowest BCUT2D eigenvalue weighted by Crippen LogP contribution is -2.27. The van der Waals surface area contributed by atoms with Crippen LogP contribution in [0.15, 0.2) is 18.2 Å². The maximum absolute atomic E-state index is 3.75. The van der Waals surface area contributed by atoms with Crippen molar-refractivity contribution in [2.45, 2.75) is 52.0 Å². The molecule has 1 aromatic rings. The van der Waals surface area contributed by atoms with Gasteiger partial charge in [0.15, 0.2) is 0 Å². The number of halogens is 1. The van der Waals surface area contributed by atoms with Gasteiger partial charge in [-0.05, 0) is 66.0 Å². The Kier molecular flexibility index (Phi) is 4.71. The van der Waals surface area contributed by atoms with Crippen molar-refractivity contribution in [1.29, 1.82) is 0 Å². The Morgan fingerprint density at radius 2 is 2.18 bits per heavy atom. The summed E-state index contributed by atoms with van der Waals surface area (Å²) in [6.45, 7) is 4.52. The first-order chi connectivity index (χ1) is 8.19. The minimum absolute atomic E-state index is 0.686. The normalized spacial score (nSPS) is 24.6. The minimum Gasteiger partial charge on any atom is -0.382 e. The summed E-state index contributed by atoms with van der Waals surface area (Å²) in [5, 5.41) is 3.75. The summed E-state index contributed by atoms with van der Waals surface area (Å²) in [7, 11) is 0. The third-order valence-corrected chi connectivity index (χ3v) is 4.59. The summed E-state index contributed by atoms with van der Waals surface area (Å²) in [5.74, 6) is 0.935. The minimum atomic E-state index is 0.686. The number of benzene rings is 1. The van der Waals surface area contributed by atoms with E-state index < -0.39 is 0 Å². The van der Waals surface area contributed by atoms with E-state index in [1.807, 2.05) is 0 Å². The van der Waals surface area contributed by atoms with Crippen LogP contribution in [0.3, 0.4) is 0 Å². The van der Waals surface area contributed by atoms with Gasteiger partial charge >= 0.3 is 0 Å². The standard InChI is InChI=1S/C15H22IN/c1-3-12-5-4-6-14(9-12)17-15-10-13(16)8-7-11(15)2/h7-8,10,12,14,17H,3-6,9H2,1-2H3. The summed E-state index contributed by atoms with van der Waals surface area (Å²) in [6.07, 6.45) is 6.84. The zero-order valence-electron chi connectivity index (χ0n) is 10.8. The highest BCUT2D eigenvalue weighted by Gasteiger charge is 2.20. The molecule has 1 fully saturated rings. The van der Waals surface area contributed by atoms with Crippen molar-refractivity contribution in [3.63, 3.8) is 0 Å². The second-order valence-electron chi connectivity index (χ2n) is 5.24. The van der Waals surface area contributed by atoms with E-state index >= 15 is 0 Å². The number of hydrogen-bond donors (Lipinski definition) is 1. The monoisotopic (exact) mass is 343 g/mol. The lowest BCUT2D eigenvalue weighted by atomic mass is 9.84. The van der Waals surface area contributed by atoms with Gasteiger partial charge in [-0.25, -0.2) is 0 Å².